The Kier molecular flexibility index (Phi) is 5.79. The maximum Gasteiger partial charge on any atom is 0.494 e. The van der Waals surface area contributed by atoms with Crippen LogP contribution < -0.4 is 10.2 Å². The standard InChI is InChI=1S/C23H29BN2O5/c1-6-28-21(27)18-11-17(18)19-12-26-20(13-25-19)29-14-15-8-7-9-16(10-15)24-30-22(2,3)23(4,5)31-24/h7-10,12-13,17-18H,6,11,14H2,1-5H3/t17-,18-/m1/s1. The molecule has 1 aliphatic heterocycles. The second kappa shape index (κ2) is 8.24. The minimum Gasteiger partial charge on any atom is -0.472 e. The van der Waals surface area contributed by atoms with Crippen LogP contribution in [0.15, 0.2) is 36.7 Å². The number of benzene rings is 1. The quantitative estimate of drug-likeness (QED) is 0.499. The largest absolute Gasteiger partial charge is 0.494 e. The molecule has 2 fully saturated rings. The fraction of sp³-hybridized carbons (Fsp3) is 0.522. The second-order valence-corrected chi connectivity index (χ2v) is 9.10. The summed E-state index contributed by atoms with van der Waals surface area (Å²) >= 11 is 0. The normalized spacial score (nSPS) is 23.5. The van der Waals surface area contributed by atoms with E-state index < -0.39 is 7.12 Å². The maximum atomic E-state index is 11.8. The number of ether oxygens (including phenoxy) is 2. The van der Waals surface area contributed by atoms with Crippen LogP contribution in [-0.2, 0) is 25.4 Å². The first-order chi connectivity index (χ1) is 14.7. The number of rotatable bonds is 7. The molecule has 31 heavy (non-hydrogen) atoms. The van der Waals surface area contributed by atoms with Gasteiger partial charge in [-0.1, -0.05) is 24.3 Å². The summed E-state index contributed by atoms with van der Waals surface area (Å²) in [4.78, 5) is 20.6. The predicted molar refractivity (Wildman–Crippen MR) is 116 cm³/mol. The third kappa shape index (κ3) is 4.60. The lowest BCUT2D eigenvalue weighted by Crippen LogP contribution is -2.41. The van der Waals surface area contributed by atoms with Crippen molar-refractivity contribution in [2.75, 3.05) is 6.61 Å². The van der Waals surface area contributed by atoms with Crippen molar-refractivity contribution >= 4 is 18.6 Å². The van der Waals surface area contributed by atoms with Crippen molar-refractivity contribution < 1.29 is 23.6 Å². The Hall–Kier alpha value is -2.45. The van der Waals surface area contributed by atoms with Crippen molar-refractivity contribution in [1.29, 1.82) is 0 Å². The van der Waals surface area contributed by atoms with Crippen LogP contribution >= 0.6 is 0 Å². The van der Waals surface area contributed by atoms with E-state index in [2.05, 4.69) is 9.97 Å². The lowest BCUT2D eigenvalue weighted by Gasteiger charge is -2.32. The molecule has 2 aromatic rings. The summed E-state index contributed by atoms with van der Waals surface area (Å²) < 4.78 is 23.1. The Morgan fingerprint density at radius 3 is 2.55 bits per heavy atom. The van der Waals surface area contributed by atoms with Crippen LogP contribution in [0.25, 0.3) is 0 Å². The summed E-state index contributed by atoms with van der Waals surface area (Å²) in [6.07, 6.45) is 4.05. The average molecular weight is 424 g/mol. The van der Waals surface area contributed by atoms with E-state index in [4.69, 9.17) is 18.8 Å². The average Bonchev–Trinajstić information content (AvgIpc) is 3.49. The highest BCUT2D eigenvalue weighted by atomic mass is 16.7. The van der Waals surface area contributed by atoms with Crippen molar-refractivity contribution in [3.8, 4) is 5.88 Å². The number of carbonyl (C=O) groups excluding carboxylic acids is 1. The third-order valence-corrected chi connectivity index (χ3v) is 6.27. The molecule has 0 N–H and O–H groups in total. The molecule has 164 valence electrons. The van der Waals surface area contributed by atoms with Crippen LogP contribution in [0, 0.1) is 5.92 Å². The molecule has 7 nitrogen and oxygen atoms in total. The zero-order valence-corrected chi connectivity index (χ0v) is 18.8. The first-order valence-corrected chi connectivity index (χ1v) is 10.8. The smallest absolute Gasteiger partial charge is 0.472 e. The number of nitrogens with zero attached hydrogens (tertiary/aromatic N) is 2. The highest BCUT2D eigenvalue weighted by Gasteiger charge is 2.51. The molecule has 0 amide bonds. The Morgan fingerprint density at radius 2 is 1.90 bits per heavy atom. The van der Waals surface area contributed by atoms with Gasteiger partial charge in [-0.05, 0) is 52.1 Å². The summed E-state index contributed by atoms with van der Waals surface area (Å²) in [5.41, 5.74) is 1.99. The van der Waals surface area contributed by atoms with Crippen LogP contribution in [-0.4, -0.2) is 40.9 Å². The Bertz CT molecular complexity index is 931. The minimum atomic E-state index is -0.407. The SMILES string of the molecule is CCOC(=O)[C@@H]1C[C@H]1c1cnc(OCc2cccc(B3OC(C)(C)C(C)(C)O3)c2)cn1. The van der Waals surface area contributed by atoms with Gasteiger partial charge in [0.1, 0.15) is 6.61 Å². The zero-order valence-electron chi connectivity index (χ0n) is 18.8. The van der Waals surface area contributed by atoms with Crippen LogP contribution in [0.3, 0.4) is 0 Å². The molecule has 1 aliphatic carbocycles. The molecule has 1 saturated heterocycles. The fourth-order valence-corrected chi connectivity index (χ4v) is 3.59. The molecule has 0 spiro atoms. The molecular weight excluding hydrogens is 395 g/mol. The van der Waals surface area contributed by atoms with Gasteiger partial charge < -0.3 is 18.8 Å². The number of hydrogen-bond acceptors (Lipinski definition) is 7. The van der Waals surface area contributed by atoms with Crippen molar-refractivity contribution in [2.45, 2.75) is 64.8 Å². The zero-order chi connectivity index (χ0) is 22.2. The van der Waals surface area contributed by atoms with Crippen molar-refractivity contribution in [3.63, 3.8) is 0 Å². The van der Waals surface area contributed by atoms with Gasteiger partial charge in [-0.3, -0.25) is 9.78 Å². The van der Waals surface area contributed by atoms with Crippen LogP contribution in [0.2, 0.25) is 0 Å². The van der Waals surface area contributed by atoms with E-state index in [0.29, 0.717) is 19.1 Å². The van der Waals surface area contributed by atoms with E-state index in [1.54, 1.807) is 12.4 Å². The molecule has 1 saturated carbocycles. The molecule has 0 radical (unpaired) electrons. The number of aromatic nitrogens is 2. The molecule has 0 bridgehead atoms. The summed E-state index contributed by atoms with van der Waals surface area (Å²) in [7, 11) is -0.407. The van der Waals surface area contributed by atoms with Gasteiger partial charge in [0.15, 0.2) is 0 Å². The Balaban J connectivity index is 1.34. The highest BCUT2D eigenvalue weighted by Crippen LogP contribution is 2.47. The van der Waals surface area contributed by atoms with Gasteiger partial charge in [-0.25, -0.2) is 4.98 Å². The van der Waals surface area contributed by atoms with Crippen LogP contribution in [0.1, 0.15) is 58.2 Å². The molecule has 1 aromatic carbocycles. The molecule has 0 unspecified atom stereocenters. The van der Waals surface area contributed by atoms with Gasteiger partial charge in [-0.15, -0.1) is 0 Å². The number of esters is 1. The van der Waals surface area contributed by atoms with E-state index in [1.807, 2.05) is 58.9 Å². The van der Waals surface area contributed by atoms with E-state index in [-0.39, 0.29) is 29.0 Å². The minimum absolute atomic E-state index is 0.0946. The van der Waals surface area contributed by atoms with Gasteiger partial charge in [-0.2, -0.15) is 0 Å². The van der Waals surface area contributed by atoms with Gasteiger partial charge in [0.2, 0.25) is 5.88 Å². The summed E-state index contributed by atoms with van der Waals surface area (Å²) in [6, 6.07) is 7.98. The topological polar surface area (TPSA) is 79.8 Å². The first kappa shape index (κ1) is 21.8. The molecule has 4 rings (SSSR count). The fourth-order valence-electron chi connectivity index (χ4n) is 3.59. The number of hydrogen-bond donors (Lipinski definition) is 0. The van der Waals surface area contributed by atoms with E-state index in [9.17, 15) is 4.79 Å². The van der Waals surface area contributed by atoms with Crippen molar-refractivity contribution in [3.05, 3.63) is 47.9 Å². The van der Waals surface area contributed by atoms with Crippen molar-refractivity contribution in [1.82, 2.24) is 9.97 Å². The second-order valence-electron chi connectivity index (χ2n) is 9.10. The molecular formula is C23H29BN2O5. The summed E-state index contributed by atoms with van der Waals surface area (Å²) in [5.74, 6) is 0.283. The highest BCUT2D eigenvalue weighted by molar-refractivity contribution is 6.62. The Labute approximate surface area is 183 Å². The van der Waals surface area contributed by atoms with E-state index in [0.717, 1.165) is 23.1 Å². The lowest BCUT2D eigenvalue weighted by molar-refractivity contribution is -0.144. The van der Waals surface area contributed by atoms with Gasteiger partial charge in [0, 0.05) is 5.92 Å². The molecule has 8 heteroatoms. The lowest BCUT2D eigenvalue weighted by atomic mass is 9.78. The summed E-state index contributed by atoms with van der Waals surface area (Å²) in [5, 5.41) is 0. The van der Waals surface area contributed by atoms with Crippen LogP contribution in [0.4, 0.5) is 0 Å². The molecule has 2 aliphatic rings. The maximum absolute atomic E-state index is 11.8. The molecule has 2 atom stereocenters. The van der Waals surface area contributed by atoms with Gasteiger partial charge in [0.05, 0.1) is 41.8 Å². The van der Waals surface area contributed by atoms with Gasteiger partial charge in [0.25, 0.3) is 0 Å². The van der Waals surface area contributed by atoms with E-state index >= 15 is 0 Å². The molecule has 2 heterocycles. The summed E-state index contributed by atoms with van der Waals surface area (Å²) in [6.45, 7) is 10.7. The number of carbonyl (C=O) groups is 1. The van der Waals surface area contributed by atoms with Crippen molar-refractivity contribution in [2.24, 2.45) is 5.92 Å². The van der Waals surface area contributed by atoms with Gasteiger partial charge >= 0.3 is 13.1 Å². The monoisotopic (exact) mass is 424 g/mol. The Morgan fingerprint density at radius 1 is 1.16 bits per heavy atom. The first-order valence-electron chi connectivity index (χ1n) is 10.8. The predicted octanol–water partition coefficient (Wildman–Crippen LogP) is 3.02. The van der Waals surface area contributed by atoms with E-state index in [1.165, 1.54) is 0 Å². The van der Waals surface area contributed by atoms with Crippen LogP contribution in [0.5, 0.6) is 5.88 Å². The molecule has 1 aromatic heterocycles. The third-order valence-electron chi connectivity index (χ3n) is 6.27.